The number of imide groups is 1. The third-order valence-corrected chi connectivity index (χ3v) is 5.37. The Morgan fingerprint density at radius 3 is 2.03 bits per heavy atom. The molecular weight excluding hydrogens is 366 g/mol. The Labute approximate surface area is 171 Å². The predicted octanol–water partition coefficient (Wildman–Crippen LogP) is 2.87. The van der Waals surface area contributed by atoms with Gasteiger partial charge in [-0.15, -0.1) is 0 Å². The maximum absolute atomic E-state index is 12.4. The van der Waals surface area contributed by atoms with Gasteiger partial charge in [-0.2, -0.15) is 0 Å². The van der Waals surface area contributed by atoms with E-state index in [1.165, 1.54) is 0 Å². The SMILES string of the molecule is CCN(CC)C(CNC(=O)CCN1C(=O)c2ccccc2C1=O)c1ccccc1. The molecule has 6 nitrogen and oxygen atoms in total. The summed E-state index contributed by atoms with van der Waals surface area (Å²) in [6, 6.07) is 16.9. The van der Waals surface area contributed by atoms with Gasteiger partial charge in [0.2, 0.25) is 5.91 Å². The lowest BCUT2D eigenvalue weighted by molar-refractivity contribution is -0.121. The zero-order valence-corrected chi connectivity index (χ0v) is 16.9. The fourth-order valence-corrected chi connectivity index (χ4v) is 3.75. The highest BCUT2D eigenvalue weighted by molar-refractivity contribution is 6.21. The fourth-order valence-electron chi connectivity index (χ4n) is 3.75. The van der Waals surface area contributed by atoms with Crippen molar-refractivity contribution in [1.29, 1.82) is 0 Å². The summed E-state index contributed by atoms with van der Waals surface area (Å²) in [4.78, 5) is 40.7. The zero-order chi connectivity index (χ0) is 20.8. The minimum absolute atomic E-state index is 0.0782. The maximum atomic E-state index is 12.4. The number of hydrogen-bond donors (Lipinski definition) is 1. The summed E-state index contributed by atoms with van der Waals surface area (Å²) in [6.45, 7) is 6.51. The van der Waals surface area contributed by atoms with E-state index in [0.717, 1.165) is 23.6 Å². The number of nitrogens with one attached hydrogen (secondary N) is 1. The lowest BCUT2D eigenvalue weighted by Crippen LogP contribution is -2.39. The standard InChI is InChI=1S/C23H27N3O3/c1-3-25(4-2)20(17-10-6-5-7-11-17)16-24-21(27)14-15-26-22(28)18-12-8-9-13-19(18)23(26)29/h5-13,20H,3-4,14-16H2,1-2H3,(H,24,27). The summed E-state index contributed by atoms with van der Waals surface area (Å²) in [5, 5.41) is 2.98. The quantitative estimate of drug-likeness (QED) is 0.665. The summed E-state index contributed by atoms with van der Waals surface area (Å²) in [5.41, 5.74) is 1.96. The molecule has 0 fully saturated rings. The molecule has 29 heavy (non-hydrogen) atoms. The van der Waals surface area contributed by atoms with Crippen LogP contribution in [0.5, 0.6) is 0 Å². The summed E-state index contributed by atoms with van der Waals surface area (Å²) < 4.78 is 0. The molecule has 1 aliphatic heterocycles. The van der Waals surface area contributed by atoms with Crippen LogP contribution in [-0.4, -0.2) is 53.7 Å². The molecule has 0 saturated carbocycles. The average Bonchev–Trinajstić information content (AvgIpc) is 3.00. The van der Waals surface area contributed by atoms with Gasteiger partial charge >= 0.3 is 0 Å². The molecule has 0 aliphatic carbocycles. The molecule has 1 aliphatic rings. The maximum Gasteiger partial charge on any atom is 0.261 e. The Hall–Kier alpha value is -2.99. The van der Waals surface area contributed by atoms with E-state index in [-0.39, 0.29) is 36.7 Å². The minimum Gasteiger partial charge on any atom is -0.354 e. The first-order valence-corrected chi connectivity index (χ1v) is 10.1. The van der Waals surface area contributed by atoms with E-state index in [0.29, 0.717) is 17.7 Å². The van der Waals surface area contributed by atoms with Gasteiger partial charge < -0.3 is 5.32 Å². The molecule has 3 rings (SSSR count). The molecular formula is C23H27N3O3. The summed E-state index contributed by atoms with van der Waals surface area (Å²) in [6.07, 6.45) is 0.0885. The zero-order valence-electron chi connectivity index (χ0n) is 16.9. The number of hydrogen-bond acceptors (Lipinski definition) is 4. The number of carbonyl (C=O) groups excluding carboxylic acids is 3. The second-order valence-corrected chi connectivity index (χ2v) is 7.01. The van der Waals surface area contributed by atoms with Crippen LogP contribution in [0.1, 0.15) is 52.6 Å². The lowest BCUT2D eigenvalue weighted by Gasteiger charge is -2.30. The van der Waals surface area contributed by atoms with E-state index >= 15 is 0 Å². The van der Waals surface area contributed by atoms with Crippen molar-refractivity contribution < 1.29 is 14.4 Å². The summed E-state index contributed by atoms with van der Waals surface area (Å²) in [7, 11) is 0. The first kappa shape index (κ1) is 20.7. The van der Waals surface area contributed by atoms with Crippen LogP contribution in [-0.2, 0) is 4.79 Å². The van der Waals surface area contributed by atoms with Crippen molar-refractivity contribution in [2.45, 2.75) is 26.3 Å². The third-order valence-electron chi connectivity index (χ3n) is 5.37. The van der Waals surface area contributed by atoms with Crippen molar-refractivity contribution in [1.82, 2.24) is 15.1 Å². The Morgan fingerprint density at radius 2 is 1.48 bits per heavy atom. The van der Waals surface area contributed by atoms with Gasteiger partial charge in [0, 0.05) is 19.5 Å². The van der Waals surface area contributed by atoms with Gasteiger partial charge in [-0.05, 0) is 30.8 Å². The fraction of sp³-hybridized carbons (Fsp3) is 0.348. The van der Waals surface area contributed by atoms with E-state index in [9.17, 15) is 14.4 Å². The van der Waals surface area contributed by atoms with Crippen LogP contribution in [0.4, 0.5) is 0 Å². The van der Waals surface area contributed by atoms with E-state index in [1.54, 1.807) is 24.3 Å². The molecule has 0 bridgehead atoms. The van der Waals surface area contributed by atoms with Crippen LogP contribution in [0.3, 0.4) is 0 Å². The summed E-state index contributed by atoms with van der Waals surface area (Å²) in [5.74, 6) is -0.831. The molecule has 0 spiro atoms. The second kappa shape index (κ2) is 9.47. The molecule has 1 N–H and O–H groups in total. The third kappa shape index (κ3) is 4.54. The minimum atomic E-state index is -0.330. The smallest absolute Gasteiger partial charge is 0.261 e. The van der Waals surface area contributed by atoms with Gasteiger partial charge in [-0.1, -0.05) is 56.3 Å². The van der Waals surface area contributed by atoms with Crippen molar-refractivity contribution in [3.8, 4) is 0 Å². The van der Waals surface area contributed by atoms with Gasteiger partial charge in [0.25, 0.3) is 11.8 Å². The summed E-state index contributed by atoms with van der Waals surface area (Å²) >= 11 is 0. The van der Waals surface area contributed by atoms with E-state index < -0.39 is 0 Å². The van der Waals surface area contributed by atoms with Gasteiger partial charge in [0.1, 0.15) is 0 Å². The highest BCUT2D eigenvalue weighted by Gasteiger charge is 2.35. The molecule has 0 saturated heterocycles. The van der Waals surface area contributed by atoms with Crippen LogP contribution < -0.4 is 5.32 Å². The highest BCUT2D eigenvalue weighted by Crippen LogP contribution is 2.23. The van der Waals surface area contributed by atoms with Gasteiger partial charge in [0.15, 0.2) is 0 Å². The number of likely N-dealkylation sites (N-methyl/N-ethyl adjacent to an activating group) is 1. The first-order valence-electron chi connectivity index (χ1n) is 10.1. The van der Waals surface area contributed by atoms with Crippen LogP contribution >= 0.6 is 0 Å². The normalized spacial score (nSPS) is 14.2. The highest BCUT2D eigenvalue weighted by atomic mass is 16.2. The van der Waals surface area contributed by atoms with E-state index in [2.05, 4.69) is 36.2 Å². The van der Waals surface area contributed by atoms with Gasteiger partial charge in [-0.3, -0.25) is 24.2 Å². The number of rotatable bonds is 9. The van der Waals surface area contributed by atoms with Crippen molar-refractivity contribution in [2.24, 2.45) is 0 Å². The van der Waals surface area contributed by atoms with Crippen molar-refractivity contribution in [2.75, 3.05) is 26.2 Å². The number of benzene rings is 2. The molecule has 6 heteroatoms. The Bertz CT molecular complexity index is 843. The molecule has 2 aromatic rings. The molecule has 2 aromatic carbocycles. The molecule has 1 unspecified atom stereocenters. The number of carbonyl (C=O) groups is 3. The lowest BCUT2D eigenvalue weighted by atomic mass is 10.1. The van der Waals surface area contributed by atoms with Crippen LogP contribution in [0.15, 0.2) is 54.6 Å². The molecule has 3 amide bonds. The molecule has 1 atom stereocenters. The number of fused-ring (bicyclic) bond motifs is 1. The van der Waals surface area contributed by atoms with Crippen LogP contribution in [0.25, 0.3) is 0 Å². The second-order valence-electron chi connectivity index (χ2n) is 7.01. The number of amides is 3. The molecule has 152 valence electrons. The Kier molecular flexibility index (Phi) is 6.77. The predicted molar refractivity (Wildman–Crippen MR) is 112 cm³/mol. The first-order chi connectivity index (χ1) is 14.1. The molecule has 0 aromatic heterocycles. The largest absolute Gasteiger partial charge is 0.354 e. The average molecular weight is 393 g/mol. The van der Waals surface area contributed by atoms with Gasteiger partial charge in [0.05, 0.1) is 17.2 Å². The monoisotopic (exact) mass is 393 g/mol. The van der Waals surface area contributed by atoms with Crippen molar-refractivity contribution in [3.63, 3.8) is 0 Å². The Morgan fingerprint density at radius 1 is 0.931 bits per heavy atom. The van der Waals surface area contributed by atoms with Crippen LogP contribution in [0.2, 0.25) is 0 Å². The van der Waals surface area contributed by atoms with Crippen molar-refractivity contribution in [3.05, 3.63) is 71.3 Å². The van der Waals surface area contributed by atoms with E-state index in [4.69, 9.17) is 0 Å². The van der Waals surface area contributed by atoms with E-state index in [1.807, 2.05) is 18.2 Å². The van der Waals surface area contributed by atoms with Crippen molar-refractivity contribution >= 4 is 17.7 Å². The number of nitrogens with zero attached hydrogens (tertiary/aromatic N) is 2. The topological polar surface area (TPSA) is 69.7 Å². The van der Waals surface area contributed by atoms with Gasteiger partial charge in [-0.25, -0.2) is 0 Å². The molecule has 1 heterocycles. The van der Waals surface area contributed by atoms with Crippen LogP contribution in [0, 0.1) is 0 Å². The molecule has 0 radical (unpaired) electrons. The Balaban J connectivity index is 1.58.